The highest BCUT2D eigenvalue weighted by Crippen LogP contribution is 2.32. The third kappa shape index (κ3) is 4.49. The van der Waals surface area contributed by atoms with Crippen LogP contribution in [0.25, 0.3) is 11.1 Å². The van der Waals surface area contributed by atoms with Gasteiger partial charge in [0.25, 0.3) is 0 Å². The summed E-state index contributed by atoms with van der Waals surface area (Å²) in [5.74, 6) is 0.179. The van der Waals surface area contributed by atoms with Gasteiger partial charge in [0.15, 0.2) is 0 Å². The van der Waals surface area contributed by atoms with E-state index in [9.17, 15) is 0 Å². The molecule has 4 nitrogen and oxygen atoms in total. The van der Waals surface area contributed by atoms with Crippen molar-refractivity contribution in [2.24, 2.45) is 0 Å². The summed E-state index contributed by atoms with van der Waals surface area (Å²) in [6.45, 7) is 0.761. The number of pyridine rings is 2. The fraction of sp³-hybridized carbons (Fsp3) is 0.107. The van der Waals surface area contributed by atoms with Crippen LogP contribution >= 0.6 is 0 Å². The SMILES string of the molecule is c1ccc(Cn2cc(-c3ccccc3CC(c3cccnc3)c3cccnc3)cn2)cc1. The van der Waals surface area contributed by atoms with Crippen molar-refractivity contribution in [3.05, 3.63) is 138 Å². The van der Waals surface area contributed by atoms with E-state index in [0.717, 1.165) is 18.5 Å². The summed E-state index contributed by atoms with van der Waals surface area (Å²) in [5.41, 5.74) is 7.25. The van der Waals surface area contributed by atoms with Gasteiger partial charge in [0.05, 0.1) is 12.7 Å². The Morgan fingerprint density at radius 3 is 2.06 bits per heavy atom. The Kier molecular flexibility index (Phi) is 5.84. The molecule has 4 heteroatoms. The number of rotatable bonds is 7. The van der Waals surface area contributed by atoms with E-state index >= 15 is 0 Å². The van der Waals surface area contributed by atoms with Crippen LogP contribution in [0.5, 0.6) is 0 Å². The van der Waals surface area contributed by atoms with Gasteiger partial charge in [0.2, 0.25) is 0 Å². The summed E-state index contributed by atoms with van der Waals surface area (Å²) in [7, 11) is 0. The average Bonchev–Trinajstić information content (AvgIpc) is 3.33. The topological polar surface area (TPSA) is 43.6 Å². The second kappa shape index (κ2) is 9.40. The van der Waals surface area contributed by atoms with Gasteiger partial charge in [0, 0.05) is 42.5 Å². The minimum atomic E-state index is 0.179. The standard InChI is InChI=1S/C28H24N4/c1-2-8-22(9-3-1)20-32-21-26(19-31-32)27-13-5-4-10-23(27)16-28(24-11-6-14-29-17-24)25-12-7-15-30-18-25/h1-15,17-19,21,28H,16,20H2. The molecule has 0 aliphatic carbocycles. The lowest BCUT2D eigenvalue weighted by molar-refractivity contribution is 0.687. The molecule has 0 aliphatic heterocycles. The Labute approximate surface area is 188 Å². The first-order chi connectivity index (χ1) is 15.9. The van der Waals surface area contributed by atoms with Gasteiger partial charge in [-0.3, -0.25) is 14.6 Å². The molecule has 3 heterocycles. The quantitative estimate of drug-likeness (QED) is 0.339. The number of benzene rings is 2. The minimum absolute atomic E-state index is 0.179. The average molecular weight is 417 g/mol. The van der Waals surface area contributed by atoms with Crippen LogP contribution in [0.2, 0.25) is 0 Å². The predicted octanol–water partition coefficient (Wildman–Crippen LogP) is 5.76. The van der Waals surface area contributed by atoms with Gasteiger partial charge >= 0.3 is 0 Å². The van der Waals surface area contributed by atoms with E-state index in [4.69, 9.17) is 0 Å². The van der Waals surface area contributed by atoms with E-state index in [1.54, 1.807) is 0 Å². The summed E-state index contributed by atoms with van der Waals surface area (Å²) >= 11 is 0. The third-order valence-corrected chi connectivity index (χ3v) is 5.75. The molecule has 3 aromatic heterocycles. The normalized spacial score (nSPS) is 11.0. The molecule has 0 aliphatic rings. The van der Waals surface area contributed by atoms with E-state index in [-0.39, 0.29) is 5.92 Å². The molecule has 0 saturated carbocycles. The molecule has 0 unspecified atom stereocenters. The number of hydrogen-bond donors (Lipinski definition) is 0. The summed E-state index contributed by atoms with van der Waals surface area (Å²) in [6, 6.07) is 27.3. The molecule has 0 N–H and O–H groups in total. The van der Waals surface area contributed by atoms with Gasteiger partial charge in [-0.15, -0.1) is 0 Å². The van der Waals surface area contributed by atoms with Gasteiger partial charge in [0.1, 0.15) is 0 Å². The predicted molar refractivity (Wildman–Crippen MR) is 127 cm³/mol. The van der Waals surface area contributed by atoms with Crippen LogP contribution in [0.1, 0.15) is 28.2 Å². The van der Waals surface area contributed by atoms with Crippen LogP contribution in [-0.2, 0) is 13.0 Å². The summed E-state index contributed by atoms with van der Waals surface area (Å²) in [4.78, 5) is 8.73. The van der Waals surface area contributed by atoms with E-state index in [1.807, 2.05) is 53.9 Å². The highest BCUT2D eigenvalue weighted by Gasteiger charge is 2.18. The maximum absolute atomic E-state index is 4.62. The van der Waals surface area contributed by atoms with Crippen LogP contribution in [0.3, 0.4) is 0 Å². The second-order valence-corrected chi connectivity index (χ2v) is 7.90. The molecule has 0 spiro atoms. The number of aromatic nitrogens is 4. The number of hydrogen-bond acceptors (Lipinski definition) is 3. The van der Waals surface area contributed by atoms with Gasteiger partial charge < -0.3 is 0 Å². The van der Waals surface area contributed by atoms with E-state index in [0.29, 0.717) is 0 Å². The monoisotopic (exact) mass is 416 g/mol. The zero-order chi connectivity index (χ0) is 21.6. The largest absolute Gasteiger partial charge is 0.268 e. The lowest BCUT2D eigenvalue weighted by atomic mass is 9.85. The molecule has 0 fully saturated rings. The van der Waals surface area contributed by atoms with Crippen molar-refractivity contribution in [1.82, 2.24) is 19.7 Å². The fourth-order valence-electron chi connectivity index (χ4n) is 4.15. The minimum Gasteiger partial charge on any atom is -0.268 e. The first-order valence-corrected chi connectivity index (χ1v) is 10.8. The van der Waals surface area contributed by atoms with Gasteiger partial charge in [-0.1, -0.05) is 66.7 Å². The van der Waals surface area contributed by atoms with Gasteiger partial charge in [-0.2, -0.15) is 5.10 Å². The number of nitrogens with zero attached hydrogens (tertiary/aromatic N) is 4. The highest BCUT2D eigenvalue weighted by atomic mass is 15.3. The van der Waals surface area contributed by atoms with Crippen molar-refractivity contribution >= 4 is 0 Å². The molecule has 5 rings (SSSR count). The molecular formula is C28H24N4. The molecule has 0 saturated heterocycles. The summed E-state index contributed by atoms with van der Waals surface area (Å²) in [5, 5.41) is 4.62. The lowest BCUT2D eigenvalue weighted by Crippen LogP contribution is -2.07. The highest BCUT2D eigenvalue weighted by molar-refractivity contribution is 5.66. The zero-order valence-electron chi connectivity index (χ0n) is 17.8. The lowest BCUT2D eigenvalue weighted by Gasteiger charge is -2.19. The first kappa shape index (κ1) is 19.9. The maximum atomic E-state index is 4.62. The molecular weight excluding hydrogens is 392 g/mol. The Balaban J connectivity index is 1.47. The van der Waals surface area contributed by atoms with Crippen molar-refractivity contribution in [3.8, 4) is 11.1 Å². The zero-order valence-corrected chi connectivity index (χ0v) is 17.8. The Morgan fingerprint density at radius 1 is 0.688 bits per heavy atom. The van der Waals surface area contributed by atoms with Gasteiger partial charge in [-0.25, -0.2) is 0 Å². The molecule has 156 valence electrons. The second-order valence-electron chi connectivity index (χ2n) is 7.90. The molecule has 2 aromatic carbocycles. The van der Waals surface area contributed by atoms with Gasteiger partial charge in [-0.05, 0) is 46.4 Å². The summed E-state index contributed by atoms with van der Waals surface area (Å²) < 4.78 is 2.00. The van der Waals surface area contributed by atoms with E-state index in [1.165, 1.54) is 27.8 Å². The molecule has 0 amide bonds. The Bertz CT molecular complexity index is 1230. The first-order valence-electron chi connectivity index (χ1n) is 10.8. The molecule has 5 aromatic rings. The van der Waals surface area contributed by atoms with Crippen molar-refractivity contribution < 1.29 is 0 Å². The van der Waals surface area contributed by atoms with Crippen LogP contribution < -0.4 is 0 Å². The van der Waals surface area contributed by atoms with Crippen LogP contribution in [0.4, 0.5) is 0 Å². The molecule has 0 radical (unpaired) electrons. The van der Waals surface area contributed by atoms with Crippen molar-refractivity contribution in [1.29, 1.82) is 0 Å². The fourth-order valence-corrected chi connectivity index (χ4v) is 4.15. The third-order valence-electron chi connectivity index (χ3n) is 5.75. The molecule has 32 heavy (non-hydrogen) atoms. The van der Waals surface area contributed by atoms with Crippen LogP contribution in [-0.4, -0.2) is 19.7 Å². The Morgan fingerprint density at radius 2 is 1.38 bits per heavy atom. The molecule has 0 atom stereocenters. The van der Waals surface area contributed by atoms with Crippen molar-refractivity contribution in [3.63, 3.8) is 0 Å². The van der Waals surface area contributed by atoms with Crippen LogP contribution in [0, 0.1) is 0 Å². The van der Waals surface area contributed by atoms with Crippen molar-refractivity contribution in [2.75, 3.05) is 0 Å². The van der Waals surface area contributed by atoms with E-state index < -0.39 is 0 Å². The maximum Gasteiger partial charge on any atom is 0.0659 e. The van der Waals surface area contributed by atoms with Crippen molar-refractivity contribution in [2.45, 2.75) is 18.9 Å². The summed E-state index contributed by atoms with van der Waals surface area (Å²) in [6.07, 6.45) is 12.5. The smallest absolute Gasteiger partial charge is 0.0659 e. The Hall–Kier alpha value is -4.05. The molecule has 0 bridgehead atoms. The van der Waals surface area contributed by atoms with Crippen LogP contribution in [0.15, 0.2) is 116 Å². The van der Waals surface area contributed by atoms with E-state index in [2.05, 4.69) is 81.9 Å².